The first-order chi connectivity index (χ1) is 10.5. The van der Waals surface area contributed by atoms with Crippen LogP contribution < -0.4 is 34.9 Å². The molecule has 0 saturated carbocycles. The Morgan fingerprint density at radius 1 is 1.13 bits per heavy atom. The van der Waals surface area contributed by atoms with Crippen molar-refractivity contribution in [1.29, 1.82) is 0 Å². The smallest absolute Gasteiger partial charge is 0.742 e. The number of nitrogens with zero attached hydrogens (tertiary/aromatic N) is 2. The second kappa shape index (κ2) is 12.7. The fourth-order valence-electron chi connectivity index (χ4n) is 1.96. The quantitative estimate of drug-likeness (QED) is 0.224. The summed E-state index contributed by atoms with van der Waals surface area (Å²) >= 11 is 9.89. The number of nitrogens with one attached hydrogen (secondary N) is 2. The molecule has 0 aliphatic heterocycles. The summed E-state index contributed by atoms with van der Waals surface area (Å²) in [5.74, 6) is 0.529. The number of aromatic nitrogens is 3. The molecule has 11 heteroatoms. The second-order valence-corrected chi connectivity index (χ2v) is 7.78. The van der Waals surface area contributed by atoms with Crippen LogP contribution in [0.1, 0.15) is 27.2 Å². The van der Waals surface area contributed by atoms with E-state index in [1.807, 2.05) is 20.8 Å². The van der Waals surface area contributed by atoms with Crippen LogP contribution in [-0.2, 0) is 25.9 Å². The number of hydrogen-bond donors (Lipinski definition) is 2. The molecule has 2 N–H and O–H groups in total. The third kappa shape index (κ3) is 8.84. The van der Waals surface area contributed by atoms with Gasteiger partial charge in [-0.15, -0.1) is 0 Å². The van der Waals surface area contributed by atoms with Gasteiger partial charge >= 0.3 is 38.4 Å². The number of H-pyrrole nitrogens is 1. The van der Waals surface area contributed by atoms with E-state index in [0.717, 1.165) is 12.5 Å². The minimum absolute atomic E-state index is 0. The fourth-order valence-corrected chi connectivity index (χ4v) is 5.00. The molecule has 126 valence electrons. The van der Waals surface area contributed by atoms with Crippen molar-refractivity contribution in [2.45, 2.75) is 38.4 Å². The molecule has 0 amide bonds. The second-order valence-electron chi connectivity index (χ2n) is 4.30. The van der Waals surface area contributed by atoms with Crippen molar-refractivity contribution in [3.05, 3.63) is 4.77 Å². The molecular weight excluding hydrogens is 363 g/mol. The minimum Gasteiger partial charge on any atom is -0.742 e. The molecule has 0 saturated heterocycles. The van der Waals surface area contributed by atoms with Crippen LogP contribution in [0, 0.1) is 4.77 Å². The first-order valence-corrected chi connectivity index (χ1v) is 10.1. The van der Waals surface area contributed by atoms with Crippen molar-refractivity contribution in [2.75, 3.05) is 31.7 Å². The number of rotatable bonds is 11. The summed E-state index contributed by atoms with van der Waals surface area (Å²) < 4.78 is 17.6. The zero-order valence-electron chi connectivity index (χ0n) is 14.2. The van der Waals surface area contributed by atoms with E-state index < -0.39 is 8.80 Å². The summed E-state index contributed by atoms with van der Waals surface area (Å²) in [6.45, 7) is 8.27. The molecule has 1 aromatic heterocycles. The van der Waals surface area contributed by atoms with Crippen LogP contribution >= 0.6 is 12.2 Å². The molecule has 1 rings (SSSR count). The average Bonchev–Trinajstić information content (AvgIpc) is 2.43. The summed E-state index contributed by atoms with van der Waals surface area (Å²) in [7, 11) is -2.58. The van der Waals surface area contributed by atoms with Gasteiger partial charge in [0.25, 0.3) is 0 Å². The van der Waals surface area contributed by atoms with Crippen molar-refractivity contribution in [3.63, 3.8) is 0 Å². The maximum atomic E-state index is 5.80. The van der Waals surface area contributed by atoms with Gasteiger partial charge in [-0.2, -0.15) is 4.98 Å². The Kier molecular flexibility index (Phi) is 12.9. The Balaban J connectivity index is 0.00000484. The van der Waals surface area contributed by atoms with E-state index in [1.54, 1.807) is 0 Å². The Hall–Kier alpha value is 0.347. The molecule has 1 heterocycles. The van der Waals surface area contributed by atoms with Crippen molar-refractivity contribution in [1.82, 2.24) is 15.0 Å². The zero-order valence-corrected chi connectivity index (χ0v) is 18.8. The van der Waals surface area contributed by atoms with Crippen LogP contribution in [0.25, 0.3) is 0 Å². The molecule has 0 radical (unpaired) electrons. The van der Waals surface area contributed by atoms with Crippen molar-refractivity contribution in [2.24, 2.45) is 0 Å². The molecule has 0 unspecified atom stereocenters. The predicted molar refractivity (Wildman–Crippen MR) is 91.4 cm³/mol. The van der Waals surface area contributed by atoms with E-state index in [9.17, 15) is 0 Å². The zero-order chi connectivity index (χ0) is 16.4. The maximum Gasteiger partial charge on any atom is 1.00 e. The van der Waals surface area contributed by atoms with Gasteiger partial charge in [-0.3, -0.25) is 0 Å². The van der Waals surface area contributed by atoms with E-state index in [-0.39, 0.29) is 34.3 Å². The van der Waals surface area contributed by atoms with Gasteiger partial charge in [0.1, 0.15) is 0 Å². The van der Waals surface area contributed by atoms with Crippen LogP contribution in [0.5, 0.6) is 0 Å². The van der Waals surface area contributed by atoms with Gasteiger partial charge in [-0.1, -0.05) is 0 Å². The van der Waals surface area contributed by atoms with Crippen LogP contribution in [0.2, 0.25) is 6.04 Å². The molecule has 0 atom stereocenters. The number of anilines is 1. The first kappa shape index (κ1) is 23.3. The average molecular weight is 387 g/mol. The predicted octanol–water partition coefficient (Wildman–Crippen LogP) is -0.706. The third-order valence-corrected chi connectivity index (χ3v) is 6.20. The van der Waals surface area contributed by atoms with Gasteiger partial charge in [-0.05, 0) is 44.6 Å². The summed E-state index contributed by atoms with van der Waals surface area (Å²) in [6.07, 6.45) is 0.823. The van der Waals surface area contributed by atoms with Gasteiger partial charge in [0, 0.05) is 32.4 Å². The Labute approximate surface area is 171 Å². The Morgan fingerprint density at radius 2 is 1.70 bits per heavy atom. The molecule has 23 heavy (non-hydrogen) atoms. The van der Waals surface area contributed by atoms with E-state index in [1.165, 1.54) is 0 Å². The van der Waals surface area contributed by atoms with Gasteiger partial charge < -0.3 is 36.2 Å². The molecule has 0 spiro atoms. The van der Waals surface area contributed by atoms with Crippen LogP contribution in [0.15, 0.2) is 5.16 Å². The summed E-state index contributed by atoms with van der Waals surface area (Å²) in [6, 6.07) is 0.738. The normalized spacial score (nSPS) is 11.1. The van der Waals surface area contributed by atoms with Crippen molar-refractivity contribution in [3.8, 4) is 0 Å². The molecule has 0 aliphatic rings. The van der Waals surface area contributed by atoms with E-state index >= 15 is 0 Å². The standard InChI is InChI=1S/C12H24N4O3S2Si.Na/c1-4-17-22(18-5-2,19-6-3)9-7-8-13-10-14-11(20)16-12(21)15-10;/h4-9H2,1-3H3,(H3,13,14,15,16,20,21);/q;+1/p-1. The number of hydrogen-bond acceptors (Lipinski definition) is 8. The molecular formula is C12H23N4NaO3S2Si. The van der Waals surface area contributed by atoms with Gasteiger partial charge in [0.05, 0.1) is 0 Å². The van der Waals surface area contributed by atoms with Crippen LogP contribution in [-0.4, -0.2) is 50.1 Å². The van der Waals surface area contributed by atoms with Crippen LogP contribution in [0.4, 0.5) is 5.95 Å². The van der Waals surface area contributed by atoms with Gasteiger partial charge in [0.15, 0.2) is 0 Å². The largest absolute Gasteiger partial charge is 1.00 e. The van der Waals surface area contributed by atoms with Gasteiger partial charge in [0.2, 0.25) is 10.7 Å². The molecule has 0 fully saturated rings. The summed E-state index contributed by atoms with van der Waals surface area (Å²) in [4.78, 5) is 10.8. The van der Waals surface area contributed by atoms with E-state index in [4.69, 9.17) is 38.1 Å². The summed E-state index contributed by atoms with van der Waals surface area (Å²) in [5.41, 5.74) is 0. The summed E-state index contributed by atoms with van der Waals surface area (Å²) in [5, 5.41) is 3.46. The molecule has 0 aliphatic carbocycles. The van der Waals surface area contributed by atoms with E-state index in [0.29, 0.717) is 37.5 Å². The molecule has 0 bridgehead atoms. The van der Waals surface area contributed by atoms with E-state index in [2.05, 4.69) is 20.3 Å². The Bertz CT molecular complexity index is 492. The SMILES string of the molecule is CCO[Si](CCCNc1nc(=S)nc([S-])[nH]1)(OCC)OCC.[Na+]. The van der Waals surface area contributed by atoms with Crippen LogP contribution in [0.3, 0.4) is 0 Å². The molecule has 1 aromatic rings. The van der Waals surface area contributed by atoms with Gasteiger partial charge in [-0.25, -0.2) is 4.98 Å². The monoisotopic (exact) mass is 386 g/mol. The molecule has 7 nitrogen and oxygen atoms in total. The van der Waals surface area contributed by atoms with Crippen molar-refractivity contribution < 1.29 is 42.8 Å². The molecule has 0 aromatic carbocycles. The fraction of sp³-hybridized carbons (Fsp3) is 0.750. The number of aromatic amines is 1. The topological polar surface area (TPSA) is 81.3 Å². The third-order valence-electron chi connectivity index (χ3n) is 2.67. The Morgan fingerprint density at radius 3 is 2.17 bits per heavy atom. The van der Waals surface area contributed by atoms with Crippen molar-refractivity contribution >= 4 is 39.6 Å². The first-order valence-electron chi connectivity index (χ1n) is 7.36. The maximum absolute atomic E-state index is 5.80. The minimum atomic E-state index is -2.58.